The van der Waals surface area contributed by atoms with Crippen molar-refractivity contribution in [3.63, 3.8) is 0 Å². The van der Waals surface area contributed by atoms with E-state index in [2.05, 4.69) is 15.6 Å². The van der Waals surface area contributed by atoms with Crippen molar-refractivity contribution in [2.24, 2.45) is 16.6 Å². The Hall–Kier alpha value is -2.90. The molecule has 8 heteroatoms. The van der Waals surface area contributed by atoms with Crippen LogP contribution in [0.25, 0.3) is 0 Å². The predicted molar refractivity (Wildman–Crippen MR) is 108 cm³/mol. The second kappa shape index (κ2) is 8.00. The number of dihydropyridines is 2. The molecule has 0 radical (unpaired) electrons. The van der Waals surface area contributed by atoms with Crippen molar-refractivity contribution in [3.05, 3.63) is 59.0 Å². The molecular weight excluding hydrogens is 362 g/mol. The number of allylic oxidation sites excluding steroid dienone is 4. The molecule has 3 aliphatic rings. The van der Waals surface area contributed by atoms with Crippen LogP contribution in [0.1, 0.15) is 26.7 Å². The summed E-state index contributed by atoms with van der Waals surface area (Å²) in [6.07, 6.45) is 10.2. The first-order valence-electron chi connectivity index (χ1n) is 9.34. The average molecular weight is 388 g/mol. The maximum atomic E-state index is 13.4. The van der Waals surface area contributed by atoms with Gasteiger partial charge in [-0.3, -0.25) is 0 Å². The molecule has 1 fully saturated rings. The van der Waals surface area contributed by atoms with Gasteiger partial charge in [-0.05, 0) is 35.8 Å². The quantitative estimate of drug-likeness (QED) is 0.431. The van der Waals surface area contributed by atoms with Crippen molar-refractivity contribution in [2.75, 3.05) is 13.1 Å². The molecule has 0 atom stereocenters. The van der Waals surface area contributed by atoms with E-state index in [1.54, 1.807) is 12.2 Å². The number of halogens is 2. The number of hydrogen-bond donors (Lipinski definition) is 4. The van der Waals surface area contributed by atoms with Gasteiger partial charge in [0, 0.05) is 38.3 Å². The summed E-state index contributed by atoms with van der Waals surface area (Å²) in [7, 11) is 0. The maximum Gasteiger partial charge on any atom is 0.251 e. The third kappa shape index (κ3) is 4.68. The highest BCUT2D eigenvalue weighted by Gasteiger charge is 2.34. The Bertz CT molecular complexity index is 820. The van der Waals surface area contributed by atoms with Gasteiger partial charge < -0.3 is 26.7 Å². The van der Waals surface area contributed by atoms with E-state index in [0.717, 1.165) is 22.7 Å². The molecule has 5 N–H and O–H groups in total. The van der Waals surface area contributed by atoms with Crippen molar-refractivity contribution < 1.29 is 8.78 Å². The standard InChI is InChI=1S/C20H26F2N6/c1-13(2)14(11-23)9-18(24)27-19-4-3-16-17(26-19)10-15(12-25-16)28-7-5-20(21,22)6-8-28/h3-4,9-13,23,25-26H,5-8H2,1-2H3,(H2,24,27). The molecule has 3 rings (SSSR count). The highest BCUT2D eigenvalue weighted by Crippen LogP contribution is 2.31. The molecule has 0 aromatic rings. The highest BCUT2D eigenvalue weighted by atomic mass is 19.3. The molecule has 3 aliphatic heterocycles. The minimum Gasteiger partial charge on any atom is -0.384 e. The maximum absolute atomic E-state index is 13.4. The SMILES string of the molecule is CC(C)C(C=N)=CC(N)=NC1=CC=C2NC=C(N3CCC(F)(F)CC3)C=C2N1. The van der Waals surface area contributed by atoms with Gasteiger partial charge in [0.05, 0.1) is 17.1 Å². The summed E-state index contributed by atoms with van der Waals surface area (Å²) in [5, 5.41) is 13.9. The number of nitrogens with two attached hydrogens (primary N) is 1. The van der Waals surface area contributed by atoms with E-state index in [-0.39, 0.29) is 18.8 Å². The number of aliphatic imine (C=N–C) groups is 1. The minimum atomic E-state index is -2.57. The van der Waals surface area contributed by atoms with Gasteiger partial charge in [0.2, 0.25) is 0 Å². The van der Waals surface area contributed by atoms with Crippen molar-refractivity contribution in [1.29, 1.82) is 5.41 Å². The van der Waals surface area contributed by atoms with Crippen LogP contribution in [0.5, 0.6) is 0 Å². The van der Waals surface area contributed by atoms with Crippen LogP contribution in [0.3, 0.4) is 0 Å². The molecule has 0 saturated carbocycles. The predicted octanol–water partition coefficient (Wildman–Crippen LogP) is 2.96. The summed E-state index contributed by atoms with van der Waals surface area (Å²) in [6.45, 7) is 4.62. The van der Waals surface area contributed by atoms with Crippen molar-refractivity contribution >= 4 is 12.1 Å². The van der Waals surface area contributed by atoms with Crippen LogP contribution in [-0.2, 0) is 0 Å². The summed E-state index contributed by atoms with van der Waals surface area (Å²) in [6, 6.07) is 0. The molecule has 0 aliphatic carbocycles. The van der Waals surface area contributed by atoms with Crippen molar-refractivity contribution in [1.82, 2.24) is 15.5 Å². The molecule has 0 bridgehead atoms. The summed E-state index contributed by atoms with van der Waals surface area (Å²) in [4.78, 5) is 6.32. The number of rotatable bonds is 5. The molecule has 0 amide bonds. The van der Waals surface area contributed by atoms with E-state index in [0.29, 0.717) is 24.7 Å². The largest absolute Gasteiger partial charge is 0.384 e. The van der Waals surface area contributed by atoms with E-state index in [9.17, 15) is 8.78 Å². The van der Waals surface area contributed by atoms with Gasteiger partial charge in [-0.15, -0.1) is 0 Å². The highest BCUT2D eigenvalue weighted by molar-refractivity contribution is 5.97. The average Bonchev–Trinajstić information content (AvgIpc) is 2.65. The molecular formula is C20H26F2N6. The molecule has 1 saturated heterocycles. The third-order valence-corrected chi connectivity index (χ3v) is 4.89. The second-order valence-corrected chi connectivity index (χ2v) is 7.35. The summed E-state index contributed by atoms with van der Waals surface area (Å²) in [5.41, 5.74) is 9.34. The Balaban J connectivity index is 1.72. The lowest BCUT2D eigenvalue weighted by Crippen LogP contribution is -2.40. The van der Waals surface area contributed by atoms with Crippen LogP contribution in [0.2, 0.25) is 0 Å². The molecule has 0 aromatic heterocycles. The normalized spacial score (nSPS) is 22.2. The zero-order valence-electron chi connectivity index (χ0n) is 16.1. The Morgan fingerprint density at radius 2 is 2.00 bits per heavy atom. The van der Waals surface area contributed by atoms with Crippen LogP contribution in [0.15, 0.2) is 64.0 Å². The van der Waals surface area contributed by atoms with Crippen LogP contribution in [0.4, 0.5) is 8.78 Å². The molecule has 150 valence electrons. The van der Waals surface area contributed by atoms with Crippen molar-refractivity contribution in [3.8, 4) is 0 Å². The van der Waals surface area contributed by atoms with Gasteiger partial charge >= 0.3 is 0 Å². The lowest BCUT2D eigenvalue weighted by molar-refractivity contribution is -0.0484. The number of alkyl halides is 2. The Morgan fingerprint density at radius 3 is 2.64 bits per heavy atom. The van der Waals surface area contributed by atoms with E-state index in [1.165, 1.54) is 6.21 Å². The fourth-order valence-electron chi connectivity index (χ4n) is 3.14. The van der Waals surface area contributed by atoms with Gasteiger partial charge in [-0.1, -0.05) is 13.8 Å². The second-order valence-electron chi connectivity index (χ2n) is 7.35. The van der Waals surface area contributed by atoms with E-state index >= 15 is 0 Å². The Labute approximate surface area is 163 Å². The zero-order valence-corrected chi connectivity index (χ0v) is 16.1. The van der Waals surface area contributed by atoms with Gasteiger partial charge in [0.25, 0.3) is 5.92 Å². The number of nitrogens with zero attached hydrogens (tertiary/aromatic N) is 2. The van der Waals surface area contributed by atoms with E-state index in [4.69, 9.17) is 11.1 Å². The number of piperidine rings is 1. The summed E-state index contributed by atoms with van der Waals surface area (Å²) >= 11 is 0. The van der Waals surface area contributed by atoms with Gasteiger partial charge in [-0.2, -0.15) is 0 Å². The minimum absolute atomic E-state index is 0.132. The number of hydrogen-bond acceptors (Lipinski definition) is 5. The van der Waals surface area contributed by atoms with Crippen LogP contribution in [-0.4, -0.2) is 36.0 Å². The number of likely N-dealkylation sites (tertiary alicyclic amines) is 1. The molecule has 28 heavy (non-hydrogen) atoms. The summed E-state index contributed by atoms with van der Waals surface area (Å²) in [5.74, 6) is -1.51. The van der Waals surface area contributed by atoms with E-state index < -0.39 is 5.92 Å². The van der Waals surface area contributed by atoms with E-state index in [1.807, 2.05) is 37.1 Å². The fraction of sp³-hybridized carbons (Fsp3) is 0.400. The first kappa shape index (κ1) is 19.9. The Kier molecular flexibility index (Phi) is 5.67. The van der Waals surface area contributed by atoms with Crippen molar-refractivity contribution in [2.45, 2.75) is 32.6 Å². The lowest BCUT2D eigenvalue weighted by Gasteiger charge is -2.35. The smallest absolute Gasteiger partial charge is 0.251 e. The third-order valence-electron chi connectivity index (χ3n) is 4.89. The fourth-order valence-corrected chi connectivity index (χ4v) is 3.14. The van der Waals surface area contributed by atoms with Gasteiger partial charge in [0.1, 0.15) is 11.7 Å². The number of nitrogens with one attached hydrogen (secondary N) is 3. The molecule has 0 spiro atoms. The first-order valence-corrected chi connectivity index (χ1v) is 9.34. The molecule has 0 aromatic carbocycles. The molecule has 6 nitrogen and oxygen atoms in total. The van der Waals surface area contributed by atoms with Gasteiger partial charge in [-0.25, -0.2) is 13.8 Å². The molecule has 3 heterocycles. The number of fused-ring (bicyclic) bond motifs is 1. The van der Waals surface area contributed by atoms with Crippen LogP contribution < -0.4 is 16.4 Å². The topological polar surface area (TPSA) is 89.5 Å². The monoisotopic (exact) mass is 388 g/mol. The Morgan fingerprint density at radius 1 is 1.29 bits per heavy atom. The van der Waals surface area contributed by atoms with Crippen LogP contribution >= 0.6 is 0 Å². The lowest BCUT2D eigenvalue weighted by atomic mass is 10.0. The van der Waals surface area contributed by atoms with Gasteiger partial charge in [0.15, 0.2) is 0 Å². The number of amidine groups is 1. The van der Waals surface area contributed by atoms with Crippen LogP contribution in [0, 0.1) is 11.3 Å². The zero-order chi connectivity index (χ0) is 20.3. The molecule has 0 unspecified atom stereocenters. The first-order chi connectivity index (χ1) is 13.3. The summed E-state index contributed by atoms with van der Waals surface area (Å²) < 4.78 is 26.8.